The second-order valence-electron chi connectivity index (χ2n) is 2.37. The van der Waals surface area contributed by atoms with Gasteiger partial charge in [0.2, 0.25) is 0 Å². The van der Waals surface area contributed by atoms with Gasteiger partial charge < -0.3 is 0 Å². The first-order chi connectivity index (χ1) is 5.29. The Kier molecular flexibility index (Phi) is 1.59. The topological polar surface area (TPSA) is 12.9 Å². The minimum atomic E-state index is 0.800. The van der Waals surface area contributed by atoms with Gasteiger partial charge in [0.15, 0.2) is 0 Å². The number of hydrogen-bond donors (Lipinski definition) is 0. The Balaban J connectivity index is 2.96. The van der Waals surface area contributed by atoms with Crippen LogP contribution in [0.1, 0.15) is 4.88 Å². The largest absolute Gasteiger partial charge is 0.192 e. The maximum absolute atomic E-state index is 5.97. The molecule has 0 spiro atoms. The van der Waals surface area contributed by atoms with Gasteiger partial charge in [0.05, 0.1) is 10.5 Å². The summed E-state index contributed by atoms with van der Waals surface area (Å²) in [6.07, 6.45) is 0. The molecule has 0 saturated heterocycles. The molecule has 0 fully saturated rings. The molecule has 1 heterocycles. The molecule has 0 aliphatic carbocycles. The van der Waals surface area contributed by atoms with Crippen LogP contribution in [0.5, 0.6) is 0 Å². The number of nitrogens with zero attached hydrogens (tertiary/aromatic N) is 1. The Bertz CT molecular complexity index is 394. The molecule has 0 amide bonds. The van der Waals surface area contributed by atoms with Gasteiger partial charge in [0.1, 0.15) is 0 Å². The third kappa shape index (κ3) is 1.03. The minimum Gasteiger partial charge on any atom is -0.192 e. The minimum absolute atomic E-state index is 0.800. The third-order valence-electron chi connectivity index (χ3n) is 1.62. The molecule has 0 aliphatic heterocycles. The van der Waals surface area contributed by atoms with E-state index in [2.05, 4.69) is 4.37 Å². The van der Waals surface area contributed by atoms with Crippen molar-refractivity contribution in [3.63, 3.8) is 0 Å². The molecule has 0 bridgehead atoms. The summed E-state index contributed by atoms with van der Waals surface area (Å²) in [5.74, 6) is 0. The van der Waals surface area contributed by atoms with E-state index in [9.17, 15) is 0 Å². The first kappa shape index (κ1) is 7.07. The lowest BCUT2D eigenvalue weighted by molar-refractivity contribution is 1.65. The van der Waals surface area contributed by atoms with Crippen LogP contribution in [0.4, 0.5) is 0 Å². The van der Waals surface area contributed by atoms with Crippen molar-refractivity contribution in [1.29, 1.82) is 0 Å². The van der Waals surface area contributed by atoms with Crippen molar-refractivity contribution in [3.8, 4) is 0 Å². The monoisotopic (exact) mass is 183 g/mol. The maximum Gasteiger partial charge on any atom is 0.0858 e. The van der Waals surface area contributed by atoms with E-state index in [4.69, 9.17) is 11.6 Å². The quantitative estimate of drug-likeness (QED) is 0.611. The molecule has 2 rings (SSSR count). The Labute approximate surface area is 73.8 Å². The van der Waals surface area contributed by atoms with Gasteiger partial charge in [-0.1, -0.05) is 17.7 Å². The van der Waals surface area contributed by atoms with Crippen LogP contribution in [-0.4, -0.2) is 4.37 Å². The highest BCUT2D eigenvalue weighted by atomic mass is 35.5. The van der Waals surface area contributed by atoms with E-state index in [1.807, 2.05) is 25.1 Å². The highest BCUT2D eigenvalue weighted by Crippen LogP contribution is 2.28. The summed E-state index contributed by atoms with van der Waals surface area (Å²) in [5, 5.41) is 1.90. The SMILES string of the molecule is Cc1snc2cccc(Cl)c12. The second-order valence-corrected chi connectivity index (χ2v) is 3.76. The zero-order valence-corrected chi connectivity index (χ0v) is 7.54. The zero-order valence-electron chi connectivity index (χ0n) is 5.97. The number of aromatic nitrogens is 1. The van der Waals surface area contributed by atoms with Crippen molar-refractivity contribution in [3.05, 3.63) is 28.1 Å². The van der Waals surface area contributed by atoms with E-state index in [1.54, 1.807) is 0 Å². The van der Waals surface area contributed by atoms with Crippen molar-refractivity contribution in [1.82, 2.24) is 4.37 Å². The number of aryl methyl sites for hydroxylation is 1. The zero-order chi connectivity index (χ0) is 7.84. The van der Waals surface area contributed by atoms with Crippen LogP contribution in [0.15, 0.2) is 18.2 Å². The summed E-state index contributed by atoms with van der Waals surface area (Å²) < 4.78 is 4.24. The van der Waals surface area contributed by atoms with E-state index in [0.717, 1.165) is 15.9 Å². The van der Waals surface area contributed by atoms with Crippen LogP contribution in [0.2, 0.25) is 5.02 Å². The van der Waals surface area contributed by atoms with Crippen molar-refractivity contribution >= 4 is 34.0 Å². The molecule has 0 atom stereocenters. The number of halogens is 1. The summed E-state index contributed by atoms with van der Waals surface area (Å²) in [7, 11) is 0. The van der Waals surface area contributed by atoms with Crippen LogP contribution in [0.3, 0.4) is 0 Å². The fourth-order valence-electron chi connectivity index (χ4n) is 1.10. The molecule has 3 heteroatoms. The first-order valence-electron chi connectivity index (χ1n) is 3.29. The average Bonchev–Trinajstić information content (AvgIpc) is 2.34. The molecule has 0 radical (unpaired) electrons. The van der Waals surface area contributed by atoms with Gasteiger partial charge in [-0.25, -0.2) is 0 Å². The van der Waals surface area contributed by atoms with Crippen molar-refractivity contribution in [2.24, 2.45) is 0 Å². The van der Waals surface area contributed by atoms with E-state index in [0.29, 0.717) is 0 Å². The van der Waals surface area contributed by atoms with E-state index in [-0.39, 0.29) is 0 Å². The standard InChI is InChI=1S/C8H6ClNS/c1-5-8-6(9)3-2-4-7(8)10-11-5/h2-4H,1H3. The molecular weight excluding hydrogens is 178 g/mol. The van der Waals surface area contributed by atoms with Crippen LogP contribution in [0.25, 0.3) is 10.9 Å². The number of benzene rings is 1. The van der Waals surface area contributed by atoms with Crippen LogP contribution in [0, 0.1) is 6.92 Å². The molecule has 0 unspecified atom stereocenters. The van der Waals surface area contributed by atoms with Crippen molar-refractivity contribution in [2.75, 3.05) is 0 Å². The van der Waals surface area contributed by atoms with Gasteiger partial charge in [-0.2, -0.15) is 4.37 Å². The Hall–Kier alpha value is -0.600. The molecule has 56 valence electrons. The van der Waals surface area contributed by atoms with E-state index >= 15 is 0 Å². The van der Waals surface area contributed by atoms with Crippen LogP contribution in [-0.2, 0) is 0 Å². The smallest absolute Gasteiger partial charge is 0.0858 e. The van der Waals surface area contributed by atoms with Gasteiger partial charge in [-0.05, 0) is 30.6 Å². The number of fused-ring (bicyclic) bond motifs is 1. The highest BCUT2D eigenvalue weighted by Gasteiger charge is 2.03. The first-order valence-corrected chi connectivity index (χ1v) is 4.44. The summed E-state index contributed by atoms with van der Waals surface area (Å²) in [4.78, 5) is 1.19. The molecule has 0 N–H and O–H groups in total. The lowest BCUT2D eigenvalue weighted by Crippen LogP contribution is -1.69. The average molecular weight is 184 g/mol. The Morgan fingerprint density at radius 1 is 1.45 bits per heavy atom. The molecule has 1 aromatic heterocycles. The maximum atomic E-state index is 5.97. The van der Waals surface area contributed by atoms with Gasteiger partial charge in [-0.15, -0.1) is 0 Å². The third-order valence-corrected chi connectivity index (χ3v) is 2.71. The van der Waals surface area contributed by atoms with Gasteiger partial charge >= 0.3 is 0 Å². The summed E-state index contributed by atoms with van der Waals surface area (Å²) in [6.45, 7) is 2.03. The summed E-state index contributed by atoms with van der Waals surface area (Å²) >= 11 is 7.47. The predicted molar refractivity (Wildman–Crippen MR) is 49.4 cm³/mol. The molecule has 1 nitrogen and oxygen atoms in total. The predicted octanol–water partition coefficient (Wildman–Crippen LogP) is 3.26. The van der Waals surface area contributed by atoms with E-state index in [1.165, 1.54) is 16.4 Å². The molecule has 0 saturated carbocycles. The fourth-order valence-corrected chi connectivity index (χ4v) is 2.16. The highest BCUT2D eigenvalue weighted by molar-refractivity contribution is 7.07. The molecule has 2 aromatic rings. The Morgan fingerprint density at radius 2 is 2.27 bits per heavy atom. The molecule has 0 aliphatic rings. The van der Waals surface area contributed by atoms with Gasteiger partial charge in [-0.3, -0.25) is 0 Å². The summed E-state index contributed by atoms with van der Waals surface area (Å²) in [5.41, 5.74) is 1.00. The lowest BCUT2D eigenvalue weighted by atomic mass is 10.2. The van der Waals surface area contributed by atoms with Gasteiger partial charge in [0, 0.05) is 10.3 Å². The van der Waals surface area contributed by atoms with Crippen LogP contribution >= 0.6 is 23.1 Å². The molecule has 1 aromatic carbocycles. The van der Waals surface area contributed by atoms with Gasteiger partial charge in [0.25, 0.3) is 0 Å². The normalized spacial score (nSPS) is 10.7. The van der Waals surface area contributed by atoms with Crippen molar-refractivity contribution < 1.29 is 0 Å². The Morgan fingerprint density at radius 3 is 3.00 bits per heavy atom. The number of rotatable bonds is 0. The fraction of sp³-hybridized carbons (Fsp3) is 0.125. The van der Waals surface area contributed by atoms with E-state index < -0.39 is 0 Å². The number of hydrogen-bond acceptors (Lipinski definition) is 2. The molecular formula is C8H6ClNS. The summed E-state index contributed by atoms with van der Waals surface area (Å²) in [6, 6.07) is 5.79. The van der Waals surface area contributed by atoms with Crippen LogP contribution < -0.4 is 0 Å². The molecule has 11 heavy (non-hydrogen) atoms. The lowest BCUT2D eigenvalue weighted by Gasteiger charge is -1.91. The second kappa shape index (κ2) is 2.47. The van der Waals surface area contributed by atoms with Crippen molar-refractivity contribution in [2.45, 2.75) is 6.92 Å².